The number of aryl methyl sites for hydroxylation is 1. The second-order valence-electron chi connectivity index (χ2n) is 5.32. The van der Waals surface area contributed by atoms with Gasteiger partial charge in [-0.25, -0.2) is 0 Å². The molecule has 94 valence electrons. The number of allylic oxidation sites excluding steroid dienone is 4. The minimum atomic E-state index is 0.649. The molecule has 1 aliphatic carbocycles. The van der Waals surface area contributed by atoms with Gasteiger partial charge in [0.1, 0.15) is 0 Å². The summed E-state index contributed by atoms with van der Waals surface area (Å²) in [4.78, 5) is 2.53. The molecule has 0 saturated heterocycles. The van der Waals surface area contributed by atoms with E-state index in [9.17, 15) is 0 Å². The normalized spacial score (nSPS) is 22.6. The van der Waals surface area contributed by atoms with E-state index in [-0.39, 0.29) is 0 Å². The SMILES string of the molecule is CCN1C2=C(C=CCC2C)CCc2ccccc21. The summed E-state index contributed by atoms with van der Waals surface area (Å²) in [5.41, 5.74) is 6.03. The van der Waals surface area contributed by atoms with Crippen molar-refractivity contribution in [1.29, 1.82) is 0 Å². The van der Waals surface area contributed by atoms with E-state index in [1.807, 2.05) is 0 Å². The van der Waals surface area contributed by atoms with Gasteiger partial charge >= 0.3 is 0 Å². The van der Waals surface area contributed by atoms with E-state index in [0.29, 0.717) is 5.92 Å². The van der Waals surface area contributed by atoms with E-state index < -0.39 is 0 Å². The Bertz CT molecular complexity index is 510. The van der Waals surface area contributed by atoms with E-state index in [4.69, 9.17) is 0 Å². The van der Waals surface area contributed by atoms with Crippen LogP contribution in [0.15, 0.2) is 47.7 Å². The van der Waals surface area contributed by atoms with E-state index in [0.717, 1.165) is 6.54 Å². The molecule has 1 aliphatic heterocycles. The van der Waals surface area contributed by atoms with Crippen molar-refractivity contribution in [3.63, 3.8) is 0 Å². The molecule has 1 nitrogen and oxygen atoms in total. The van der Waals surface area contributed by atoms with Crippen LogP contribution >= 0.6 is 0 Å². The summed E-state index contributed by atoms with van der Waals surface area (Å²) < 4.78 is 0. The quantitative estimate of drug-likeness (QED) is 0.706. The van der Waals surface area contributed by atoms with Gasteiger partial charge in [0.2, 0.25) is 0 Å². The topological polar surface area (TPSA) is 3.24 Å². The number of para-hydroxylation sites is 1. The minimum Gasteiger partial charge on any atom is -0.345 e. The second kappa shape index (κ2) is 4.64. The first-order valence-electron chi connectivity index (χ1n) is 7.06. The van der Waals surface area contributed by atoms with Crippen LogP contribution in [0.2, 0.25) is 0 Å². The molecule has 18 heavy (non-hydrogen) atoms. The molecule has 1 aromatic carbocycles. The Morgan fingerprint density at radius 1 is 1.22 bits per heavy atom. The first-order chi connectivity index (χ1) is 8.81. The van der Waals surface area contributed by atoms with E-state index in [2.05, 4.69) is 55.2 Å². The molecule has 0 amide bonds. The molecule has 1 aromatic rings. The van der Waals surface area contributed by atoms with Gasteiger partial charge in [0.05, 0.1) is 0 Å². The van der Waals surface area contributed by atoms with Crippen molar-refractivity contribution in [2.75, 3.05) is 11.4 Å². The maximum atomic E-state index is 2.53. The van der Waals surface area contributed by atoms with Crippen LogP contribution in [0.5, 0.6) is 0 Å². The van der Waals surface area contributed by atoms with Crippen LogP contribution in [0.25, 0.3) is 0 Å². The highest BCUT2D eigenvalue weighted by Crippen LogP contribution is 2.38. The van der Waals surface area contributed by atoms with Crippen molar-refractivity contribution < 1.29 is 0 Å². The number of rotatable bonds is 1. The zero-order valence-corrected chi connectivity index (χ0v) is 11.3. The lowest BCUT2D eigenvalue weighted by Gasteiger charge is -2.33. The summed E-state index contributed by atoms with van der Waals surface area (Å²) in [6, 6.07) is 8.89. The van der Waals surface area contributed by atoms with Gasteiger partial charge in [0.25, 0.3) is 0 Å². The predicted molar refractivity (Wildman–Crippen MR) is 77.7 cm³/mol. The molecule has 0 fully saturated rings. The molecule has 0 radical (unpaired) electrons. The van der Waals surface area contributed by atoms with Gasteiger partial charge in [0, 0.05) is 23.8 Å². The number of fused-ring (bicyclic) bond motifs is 1. The van der Waals surface area contributed by atoms with Crippen molar-refractivity contribution in [3.8, 4) is 0 Å². The third-order valence-electron chi connectivity index (χ3n) is 4.16. The van der Waals surface area contributed by atoms with Crippen molar-refractivity contribution in [3.05, 3.63) is 53.3 Å². The van der Waals surface area contributed by atoms with Gasteiger partial charge in [-0.2, -0.15) is 0 Å². The predicted octanol–water partition coefficient (Wildman–Crippen LogP) is 4.31. The van der Waals surface area contributed by atoms with Gasteiger partial charge in [-0.1, -0.05) is 37.3 Å². The second-order valence-corrected chi connectivity index (χ2v) is 5.32. The van der Waals surface area contributed by atoms with E-state index >= 15 is 0 Å². The molecular formula is C17H21N. The average Bonchev–Trinajstić information content (AvgIpc) is 2.56. The first-order valence-corrected chi connectivity index (χ1v) is 7.06. The Labute approximate surface area is 110 Å². The average molecular weight is 239 g/mol. The van der Waals surface area contributed by atoms with Gasteiger partial charge in [-0.05, 0) is 43.4 Å². The number of anilines is 1. The Balaban J connectivity index is 2.13. The molecule has 1 heterocycles. The molecule has 0 N–H and O–H groups in total. The molecule has 0 saturated carbocycles. The fourth-order valence-electron chi connectivity index (χ4n) is 3.30. The lowest BCUT2D eigenvalue weighted by Crippen LogP contribution is -2.28. The van der Waals surface area contributed by atoms with Gasteiger partial charge in [0.15, 0.2) is 0 Å². The van der Waals surface area contributed by atoms with Crippen molar-refractivity contribution in [2.24, 2.45) is 5.92 Å². The summed E-state index contributed by atoms with van der Waals surface area (Å²) in [5, 5.41) is 0. The van der Waals surface area contributed by atoms with Crippen LogP contribution in [-0.2, 0) is 6.42 Å². The van der Waals surface area contributed by atoms with Crippen molar-refractivity contribution >= 4 is 5.69 Å². The van der Waals surface area contributed by atoms with Gasteiger partial charge in [-0.3, -0.25) is 0 Å². The number of benzene rings is 1. The molecule has 1 unspecified atom stereocenters. The molecular weight excluding hydrogens is 218 g/mol. The zero-order chi connectivity index (χ0) is 12.5. The Morgan fingerprint density at radius 2 is 2.06 bits per heavy atom. The van der Waals surface area contributed by atoms with Crippen LogP contribution in [0.3, 0.4) is 0 Å². The van der Waals surface area contributed by atoms with Crippen molar-refractivity contribution in [1.82, 2.24) is 0 Å². The van der Waals surface area contributed by atoms with Crippen LogP contribution in [0.1, 0.15) is 32.3 Å². The smallest absolute Gasteiger partial charge is 0.0440 e. The Morgan fingerprint density at radius 3 is 2.89 bits per heavy atom. The van der Waals surface area contributed by atoms with Crippen LogP contribution in [0, 0.1) is 5.92 Å². The molecule has 0 bridgehead atoms. The molecule has 2 aliphatic rings. The highest BCUT2D eigenvalue weighted by molar-refractivity contribution is 5.62. The molecule has 0 aromatic heterocycles. The summed E-state index contributed by atoms with van der Waals surface area (Å²) in [6.07, 6.45) is 8.22. The Kier molecular flexibility index (Phi) is 2.99. The summed E-state index contributed by atoms with van der Waals surface area (Å²) in [7, 11) is 0. The number of hydrogen-bond acceptors (Lipinski definition) is 1. The third-order valence-corrected chi connectivity index (χ3v) is 4.16. The van der Waals surface area contributed by atoms with E-state index in [1.165, 1.54) is 30.5 Å². The first kappa shape index (κ1) is 11.6. The minimum absolute atomic E-state index is 0.649. The fraction of sp³-hybridized carbons (Fsp3) is 0.412. The standard InChI is InChI=1S/C17H21N/c1-3-18-16-10-5-4-8-14(16)11-12-15-9-6-7-13(2)17(15)18/h4-6,8-10,13H,3,7,11-12H2,1-2H3. The third kappa shape index (κ3) is 1.78. The largest absolute Gasteiger partial charge is 0.345 e. The summed E-state index contributed by atoms with van der Waals surface area (Å²) >= 11 is 0. The summed E-state index contributed by atoms with van der Waals surface area (Å²) in [5.74, 6) is 0.649. The molecule has 0 spiro atoms. The molecule has 1 heteroatoms. The van der Waals surface area contributed by atoms with Crippen LogP contribution < -0.4 is 4.90 Å². The lowest BCUT2D eigenvalue weighted by atomic mass is 9.91. The fourth-order valence-corrected chi connectivity index (χ4v) is 3.30. The van der Waals surface area contributed by atoms with Crippen molar-refractivity contribution in [2.45, 2.75) is 33.1 Å². The van der Waals surface area contributed by atoms with E-state index in [1.54, 1.807) is 11.3 Å². The number of hydrogen-bond donors (Lipinski definition) is 0. The van der Waals surface area contributed by atoms with Gasteiger partial charge < -0.3 is 4.90 Å². The zero-order valence-electron chi connectivity index (χ0n) is 11.3. The Hall–Kier alpha value is -1.50. The maximum absolute atomic E-state index is 2.53. The summed E-state index contributed by atoms with van der Waals surface area (Å²) in [6.45, 7) is 5.68. The molecule has 1 atom stereocenters. The monoisotopic (exact) mass is 239 g/mol. The molecule has 3 rings (SSSR count). The highest BCUT2D eigenvalue weighted by atomic mass is 15.1. The van der Waals surface area contributed by atoms with Crippen LogP contribution in [0.4, 0.5) is 5.69 Å². The maximum Gasteiger partial charge on any atom is 0.0440 e. The number of nitrogens with zero attached hydrogens (tertiary/aromatic N) is 1. The highest BCUT2D eigenvalue weighted by Gasteiger charge is 2.25. The lowest BCUT2D eigenvalue weighted by molar-refractivity contribution is 0.638. The van der Waals surface area contributed by atoms with Crippen LogP contribution in [-0.4, -0.2) is 6.54 Å². The van der Waals surface area contributed by atoms with Gasteiger partial charge in [-0.15, -0.1) is 0 Å².